The highest BCUT2D eigenvalue weighted by Crippen LogP contribution is 1.99. The van der Waals surface area contributed by atoms with Crippen LogP contribution in [0.4, 0.5) is 0 Å². The van der Waals surface area contributed by atoms with Crippen LogP contribution < -0.4 is 10.6 Å². The van der Waals surface area contributed by atoms with Gasteiger partial charge in [0, 0.05) is 18.5 Å². The summed E-state index contributed by atoms with van der Waals surface area (Å²) >= 11 is 0. The van der Waals surface area contributed by atoms with Crippen LogP contribution in [-0.2, 0) is 4.79 Å². The van der Waals surface area contributed by atoms with E-state index in [1.165, 1.54) is 19.3 Å². The molecule has 0 rings (SSSR count). The minimum Gasteiger partial charge on any atom is -0.356 e. The number of hydrogen-bond donors (Lipinski definition) is 2. The molecule has 3 heteroatoms. The molecule has 0 fully saturated rings. The lowest BCUT2D eigenvalue weighted by Crippen LogP contribution is -2.32. The smallest absolute Gasteiger partial charge is 0.222 e. The number of carbonyl (C=O) groups is 1. The highest BCUT2D eigenvalue weighted by molar-refractivity contribution is 5.77. The molecule has 16 heavy (non-hydrogen) atoms. The Morgan fingerprint density at radius 3 is 2.38 bits per heavy atom. The summed E-state index contributed by atoms with van der Waals surface area (Å²) in [6.07, 6.45) is 4.80. The van der Waals surface area contributed by atoms with Crippen molar-refractivity contribution in [2.45, 2.75) is 59.4 Å². The van der Waals surface area contributed by atoms with Crippen molar-refractivity contribution in [1.29, 1.82) is 0 Å². The van der Waals surface area contributed by atoms with E-state index >= 15 is 0 Å². The zero-order valence-corrected chi connectivity index (χ0v) is 11.3. The van der Waals surface area contributed by atoms with E-state index < -0.39 is 0 Å². The maximum atomic E-state index is 11.2. The summed E-state index contributed by atoms with van der Waals surface area (Å²) in [7, 11) is 0. The van der Waals surface area contributed by atoms with Crippen LogP contribution in [0.15, 0.2) is 0 Å². The SMILES string of the molecule is CCCCC(C)NCCCNC(=O)C(C)C. The van der Waals surface area contributed by atoms with E-state index in [-0.39, 0.29) is 11.8 Å². The lowest BCUT2D eigenvalue weighted by Gasteiger charge is -2.13. The van der Waals surface area contributed by atoms with Crippen molar-refractivity contribution in [2.75, 3.05) is 13.1 Å². The zero-order chi connectivity index (χ0) is 12.4. The number of nitrogens with one attached hydrogen (secondary N) is 2. The number of unbranched alkanes of at least 4 members (excludes halogenated alkanes) is 1. The second kappa shape index (κ2) is 9.64. The van der Waals surface area contributed by atoms with Crippen molar-refractivity contribution in [1.82, 2.24) is 10.6 Å². The molecule has 1 unspecified atom stereocenters. The molecule has 0 aromatic heterocycles. The van der Waals surface area contributed by atoms with Crippen LogP contribution in [0.3, 0.4) is 0 Å². The quantitative estimate of drug-likeness (QED) is 0.595. The topological polar surface area (TPSA) is 41.1 Å². The number of hydrogen-bond acceptors (Lipinski definition) is 2. The van der Waals surface area contributed by atoms with Crippen LogP contribution in [-0.4, -0.2) is 25.0 Å². The van der Waals surface area contributed by atoms with Crippen LogP contribution in [0.25, 0.3) is 0 Å². The largest absolute Gasteiger partial charge is 0.356 e. The van der Waals surface area contributed by atoms with E-state index in [0.717, 1.165) is 19.5 Å². The maximum Gasteiger partial charge on any atom is 0.222 e. The van der Waals surface area contributed by atoms with Crippen molar-refractivity contribution < 1.29 is 4.79 Å². The standard InChI is InChI=1S/C13H28N2O/c1-5-6-8-12(4)14-9-7-10-15-13(16)11(2)3/h11-12,14H,5-10H2,1-4H3,(H,15,16). The molecule has 1 amide bonds. The van der Waals surface area contributed by atoms with Gasteiger partial charge in [-0.15, -0.1) is 0 Å². The maximum absolute atomic E-state index is 11.2. The number of amides is 1. The minimum atomic E-state index is 0.0939. The highest BCUT2D eigenvalue weighted by Gasteiger charge is 2.05. The first kappa shape index (κ1) is 15.4. The molecule has 2 N–H and O–H groups in total. The predicted molar refractivity (Wildman–Crippen MR) is 69.5 cm³/mol. The summed E-state index contributed by atoms with van der Waals surface area (Å²) < 4.78 is 0. The van der Waals surface area contributed by atoms with Gasteiger partial charge >= 0.3 is 0 Å². The fraction of sp³-hybridized carbons (Fsp3) is 0.923. The molecule has 0 radical (unpaired) electrons. The van der Waals surface area contributed by atoms with Gasteiger partial charge in [0.05, 0.1) is 0 Å². The Kier molecular flexibility index (Phi) is 9.30. The zero-order valence-electron chi connectivity index (χ0n) is 11.3. The fourth-order valence-electron chi connectivity index (χ4n) is 1.46. The second-order valence-electron chi connectivity index (χ2n) is 4.80. The van der Waals surface area contributed by atoms with Gasteiger partial charge in [0.15, 0.2) is 0 Å². The molecule has 0 aliphatic heterocycles. The molecule has 3 nitrogen and oxygen atoms in total. The number of carbonyl (C=O) groups excluding carboxylic acids is 1. The Hall–Kier alpha value is -0.570. The second-order valence-corrected chi connectivity index (χ2v) is 4.80. The minimum absolute atomic E-state index is 0.0939. The highest BCUT2D eigenvalue weighted by atomic mass is 16.1. The van der Waals surface area contributed by atoms with Crippen molar-refractivity contribution in [3.63, 3.8) is 0 Å². The molecule has 0 aliphatic rings. The molecule has 0 aliphatic carbocycles. The van der Waals surface area contributed by atoms with Crippen molar-refractivity contribution >= 4 is 5.91 Å². The van der Waals surface area contributed by atoms with Crippen LogP contribution in [0.1, 0.15) is 53.4 Å². The predicted octanol–water partition coefficient (Wildman–Crippen LogP) is 2.32. The molecule has 0 spiro atoms. The van der Waals surface area contributed by atoms with Gasteiger partial charge in [0.1, 0.15) is 0 Å². The molecular formula is C13H28N2O. The van der Waals surface area contributed by atoms with Crippen LogP contribution in [0.5, 0.6) is 0 Å². The van der Waals surface area contributed by atoms with Crippen LogP contribution in [0.2, 0.25) is 0 Å². The third kappa shape index (κ3) is 8.72. The van der Waals surface area contributed by atoms with Gasteiger partial charge in [-0.3, -0.25) is 4.79 Å². The van der Waals surface area contributed by atoms with Crippen LogP contribution >= 0.6 is 0 Å². The molecular weight excluding hydrogens is 200 g/mol. The van der Waals surface area contributed by atoms with E-state index in [2.05, 4.69) is 24.5 Å². The summed E-state index contributed by atoms with van der Waals surface area (Å²) in [6.45, 7) is 10.0. The van der Waals surface area contributed by atoms with Gasteiger partial charge in [-0.2, -0.15) is 0 Å². The Morgan fingerprint density at radius 1 is 1.12 bits per heavy atom. The Morgan fingerprint density at radius 2 is 1.81 bits per heavy atom. The van der Waals surface area contributed by atoms with Crippen LogP contribution in [0, 0.1) is 5.92 Å². The van der Waals surface area contributed by atoms with Gasteiger partial charge in [0.25, 0.3) is 0 Å². The summed E-state index contributed by atoms with van der Waals surface area (Å²) in [5, 5.41) is 6.39. The lowest BCUT2D eigenvalue weighted by atomic mass is 10.1. The fourth-order valence-corrected chi connectivity index (χ4v) is 1.46. The van der Waals surface area contributed by atoms with Gasteiger partial charge in [-0.25, -0.2) is 0 Å². The molecule has 0 saturated heterocycles. The average Bonchev–Trinajstić information content (AvgIpc) is 2.25. The Labute approximate surface area is 100 Å². The average molecular weight is 228 g/mol. The first-order valence-corrected chi connectivity index (χ1v) is 6.59. The third-order valence-electron chi connectivity index (χ3n) is 2.66. The van der Waals surface area contributed by atoms with Gasteiger partial charge in [-0.05, 0) is 26.3 Å². The molecule has 0 bridgehead atoms. The molecule has 0 heterocycles. The number of rotatable bonds is 9. The van der Waals surface area contributed by atoms with Crippen molar-refractivity contribution in [3.05, 3.63) is 0 Å². The molecule has 0 aromatic rings. The monoisotopic (exact) mass is 228 g/mol. The summed E-state index contributed by atoms with van der Waals surface area (Å²) in [5.74, 6) is 0.246. The van der Waals surface area contributed by atoms with E-state index in [4.69, 9.17) is 0 Å². The molecule has 0 saturated carbocycles. The van der Waals surface area contributed by atoms with Crippen molar-refractivity contribution in [3.8, 4) is 0 Å². The summed E-state index contributed by atoms with van der Waals surface area (Å²) in [5.41, 5.74) is 0. The van der Waals surface area contributed by atoms with Gasteiger partial charge in [0.2, 0.25) is 5.91 Å². The van der Waals surface area contributed by atoms with E-state index in [9.17, 15) is 4.79 Å². The first-order chi connectivity index (χ1) is 7.57. The third-order valence-corrected chi connectivity index (χ3v) is 2.66. The Bertz CT molecular complexity index is 181. The summed E-state index contributed by atoms with van der Waals surface area (Å²) in [4.78, 5) is 11.2. The van der Waals surface area contributed by atoms with Gasteiger partial charge in [-0.1, -0.05) is 33.6 Å². The first-order valence-electron chi connectivity index (χ1n) is 6.59. The van der Waals surface area contributed by atoms with Crippen molar-refractivity contribution in [2.24, 2.45) is 5.92 Å². The van der Waals surface area contributed by atoms with Gasteiger partial charge < -0.3 is 10.6 Å². The normalized spacial score (nSPS) is 12.8. The molecule has 96 valence electrons. The lowest BCUT2D eigenvalue weighted by molar-refractivity contribution is -0.123. The Balaban J connectivity index is 3.29. The van der Waals surface area contributed by atoms with E-state index in [1.807, 2.05) is 13.8 Å². The summed E-state index contributed by atoms with van der Waals surface area (Å²) in [6, 6.07) is 0.598. The van der Waals surface area contributed by atoms with E-state index in [0.29, 0.717) is 6.04 Å². The molecule has 1 atom stereocenters. The van der Waals surface area contributed by atoms with E-state index in [1.54, 1.807) is 0 Å². The molecule has 0 aromatic carbocycles.